The molecule has 0 heterocycles. The number of rotatable bonds is 6. The monoisotopic (exact) mass is 382 g/mol. The first-order chi connectivity index (χ1) is 13.0. The van der Waals surface area contributed by atoms with Crippen LogP contribution in [0.4, 0.5) is 0 Å². The number of primary amides is 1. The molecule has 0 saturated heterocycles. The predicted octanol–water partition coefficient (Wildman–Crippen LogP) is 3.85. The van der Waals surface area contributed by atoms with E-state index in [1.807, 2.05) is 49.4 Å². The van der Waals surface area contributed by atoms with Gasteiger partial charge >= 0.3 is 0 Å². The van der Waals surface area contributed by atoms with Gasteiger partial charge in [0.2, 0.25) is 0 Å². The predicted molar refractivity (Wildman–Crippen MR) is 106 cm³/mol. The molecule has 5 nitrogen and oxygen atoms in total. The van der Waals surface area contributed by atoms with Crippen molar-refractivity contribution in [2.75, 3.05) is 6.61 Å². The van der Waals surface area contributed by atoms with Crippen molar-refractivity contribution in [1.29, 1.82) is 0 Å². The number of ether oxygens (including phenoxy) is 1. The molecule has 0 aliphatic carbocycles. The number of carbonyl (C=O) groups is 2. The van der Waals surface area contributed by atoms with E-state index in [1.165, 1.54) is 12.1 Å². The number of benzene rings is 3. The molecular formula is C21H19ClN2O3. The van der Waals surface area contributed by atoms with Gasteiger partial charge < -0.3 is 15.8 Å². The normalized spacial score (nSPS) is 11.8. The number of amides is 2. The van der Waals surface area contributed by atoms with Crippen LogP contribution in [-0.2, 0) is 4.79 Å². The molecule has 0 bridgehead atoms. The van der Waals surface area contributed by atoms with Gasteiger partial charge in [-0.1, -0.05) is 54.1 Å². The Morgan fingerprint density at radius 2 is 1.85 bits per heavy atom. The zero-order valence-electron chi connectivity index (χ0n) is 14.7. The van der Waals surface area contributed by atoms with Crippen LogP contribution in [0.2, 0.25) is 5.02 Å². The number of halogens is 1. The minimum Gasteiger partial charge on any atom is -0.483 e. The fraction of sp³-hybridized carbons (Fsp3) is 0.143. The third-order valence-electron chi connectivity index (χ3n) is 4.23. The molecule has 3 rings (SSSR count). The molecule has 3 N–H and O–H groups in total. The number of hydrogen-bond donors (Lipinski definition) is 2. The van der Waals surface area contributed by atoms with E-state index in [1.54, 1.807) is 6.07 Å². The van der Waals surface area contributed by atoms with Crippen LogP contribution < -0.4 is 15.8 Å². The molecule has 0 fully saturated rings. The highest BCUT2D eigenvalue weighted by Gasteiger charge is 2.15. The minimum absolute atomic E-state index is 0.136. The Kier molecular flexibility index (Phi) is 5.62. The Morgan fingerprint density at radius 1 is 1.11 bits per heavy atom. The van der Waals surface area contributed by atoms with Crippen molar-refractivity contribution >= 4 is 34.2 Å². The Morgan fingerprint density at radius 3 is 2.63 bits per heavy atom. The third-order valence-corrected chi connectivity index (χ3v) is 4.47. The minimum atomic E-state index is -0.669. The lowest BCUT2D eigenvalue weighted by atomic mass is 10.00. The van der Waals surface area contributed by atoms with Crippen molar-refractivity contribution in [1.82, 2.24) is 5.32 Å². The van der Waals surface area contributed by atoms with Crippen molar-refractivity contribution in [3.63, 3.8) is 0 Å². The van der Waals surface area contributed by atoms with Crippen molar-refractivity contribution in [3.05, 3.63) is 76.8 Å². The second-order valence-corrected chi connectivity index (χ2v) is 6.59. The molecule has 27 heavy (non-hydrogen) atoms. The lowest BCUT2D eigenvalue weighted by Gasteiger charge is -2.17. The Hall–Kier alpha value is -3.05. The van der Waals surface area contributed by atoms with E-state index in [0.29, 0.717) is 5.02 Å². The SMILES string of the molecule is C[C@@H](NC(=O)COc1ccc(Cl)cc1C(N)=O)c1cccc2ccccc12. The molecule has 0 radical (unpaired) electrons. The summed E-state index contributed by atoms with van der Waals surface area (Å²) in [5, 5.41) is 5.47. The molecule has 6 heteroatoms. The van der Waals surface area contributed by atoms with Crippen LogP contribution in [-0.4, -0.2) is 18.4 Å². The summed E-state index contributed by atoms with van der Waals surface area (Å²) in [5.41, 5.74) is 6.48. The van der Waals surface area contributed by atoms with Gasteiger partial charge in [0.15, 0.2) is 6.61 Å². The Balaban J connectivity index is 1.68. The zero-order valence-corrected chi connectivity index (χ0v) is 15.5. The summed E-state index contributed by atoms with van der Waals surface area (Å²) in [6, 6.07) is 18.3. The quantitative estimate of drug-likeness (QED) is 0.679. The summed E-state index contributed by atoms with van der Waals surface area (Å²) < 4.78 is 5.47. The summed E-state index contributed by atoms with van der Waals surface area (Å²) >= 11 is 5.87. The van der Waals surface area contributed by atoms with E-state index in [4.69, 9.17) is 22.1 Å². The molecule has 0 saturated carbocycles. The average molecular weight is 383 g/mol. The number of nitrogens with one attached hydrogen (secondary N) is 1. The maximum atomic E-state index is 12.3. The molecule has 138 valence electrons. The molecule has 0 aliphatic heterocycles. The van der Waals surface area contributed by atoms with Crippen molar-refractivity contribution < 1.29 is 14.3 Å². The van der Waals surface area contributed by atoms with Crippen LogP contribution in [0.15, 0.2) is 60.7 Å². The largest absolute Gasteiger partial charge is 0.483 e. The smallest absolute Gasteiger partial charge is 0.258 e. The molecule has 3 aromatic rings. The van der Waals surface area contributed by atoms with Gasteiger partial charge in [-0.3, -0.25) is 9.59 Å². The molecule has 0 spiro atoms. The molecule has 0 unspecified atom stereocenters. The lowest BCUT2D eigenvalue weighted by molar-refractivity contribution is -0.123. The van der Waals surface area contributed by atoms with Gasteiger partial charge in [-0.25, -0.2) is 0 Å². The topological polar surface area (TPSA) is 81.4 Å². The van der Waals surface area contributed by atoms with Crippen LogP contribution in [0, 0.1) is 0 Å². The van der Waals surface area contributed by atoms with E-state index >= 15 is 0 Å². The Bertz CT molecular complexity index is 998. The first kappa shape index (κ1) is 18.7. The lowest BCUT2D eigenvalue weighted by Crippen LogP contribution is -2.31. The van der Waals surface area contributed by atoms with Crippen molar-refractivity contribution in [2.24, 2.45) is 5.73 Å². The summed E-state index contributed by atoms with van der Waals surface area (Å²) in [7, 11) is 0. The molecule has 0 aromatic heterocycles. The highest BCUT2D eigenvalue weighted by molar-refractivity contribution is 6.31. The van der Waals surface area contributed by atoms with Crippen LogP contribution in [0.25, 0.3) is 10.8 Å². The summed E-state index contributed by atoms with van der Waals surface area (Å²) in [5.74, 6) is -0.752. The maximum absolute atomic E-state index is 12.3. The highest BCUT2D eigenvalue weighted by Crippen LogP contribution is 2.25. The first-order valence-corrected chi connectivity index (χ1v) is 8.82. The zero-order chi connectivity index (χ0) is 19.4. The molecule has 1 atom stereocenters. The van der Waals surface area contributed by atoms with E-state index < -0.39 is 5.91 Å². The number of fused-ring (bicyclic) bond motifs is 1. The molecule has 2 amide bonds. The van der Waals surface area contributed by atoms with Gasteiger partial charge in [0.05, 0.1) is 11.6 Å². The summed E-state index contributed by atoms with van der Waals surface area (Å²) in [6.45, 7) is 1.67. The van der Waals surface area contributed by atoms with E-state index in [2.05, 4.69) is 5.32 Å². The molecule has 3 aromatic carbocycles. The molecule has 0 aliphatic rings. The van der Waals surface area contributed by atoms with Crippen molar-refractivity contribution in [2.45, 2.75) is 13.0 Å². The van der Waals surface area contributed by atoms with Gasteiger partial charge in [0.25, 0.3) is 11.8 Å². The van der Waals surface area contributed by atoms with Crippen molar-refractivity contribution in [3.8, 4) is 5.75 Å². The number of nitrogens with two attached hydrogens (primary N) is 1. The van der Waals surface area contributed by atoms with Crippen LogP contribution in [0.3, 0.4) is 0 Å². The van der Waals surface area contributed by atoms with E-state index in [0.717, 1.165) is 16.3 Å². The third kappa shape index (κ3) is 4.38. The van der Waals surface area contributed by atoms with Gasteiger partial charge in [-0.15, -0.1) is 0 Å². The van der Waals surface area contributed by atoms with Gasteiger partial charge in [-0.2, -0.15) is 0 Å². The highest BCUT2D eigenvalue weighted by atomic mass is 35.5. The average Bonchev–Trinajstić information content (AvgIpc) is 2.66. The van der Waals surface area contributed by atoms with Crippen LogP contribution in [0.1, 0.15) is 28.9 Å². The fourth-order valence-electron chi connectivity index (χ4n) is 2.95. The van der Waals surface area contributed by atoms with Gasteiger partial charge in [0.1, 0.15) is 5.75 Å². The van der Waals surface area contributed by atoms with E-state index in [9.17, 15) is 9.59 Å². The second kappa shape index (κ2) is 8.10. The van der Waals surface area contributed by atoms with Crippen LogP contribution in [0.5, 0.6) is 5.75 Å². The number of carbonyl (C=O) groups excluding carboxylic acids is 2. The van der Waals surface area contributed by atoms with E-state index in [-0.39, 0.29) is 29.9 Å². The summed E-state index contributed by atoms with van der Waals surface area (Å²) in [6.07, 6.45) is 0. The second-order valence-electron chi connectivity index (χ2n) is 6.15. The first-order valence-electron chi connectivity index (χ1n) is 8.45. The maximum Gasteiger partial charge on any atom is 0.258 e. The van der Waals surface area contributed by atoms with Gasteiger partial charge in [-0.05, 0) is 41.5 Å². The number of hydrogen-bond acceptors (Lipinski definition) is 3. The fourth-order valence-corrected chi connectivity index (χ4v) is 3.12. The van der Waals surface area contributed by atoms with Gasteiger partial charge in [0, 0.05) is 5.02 Å². The van der Waals surface area contributed by atoms with Crippen LogP contribution >= 0.6 is 11.6 Å². The summed E-state index contributed by atoms with van der Waals surface area (Å²) in [4.78, 5) is 23.8. The standard InChI is InChI=1S/C21H19ClN2O3/c1-13(16-8-4-6-14-5-2-3-7-17(14)16)24-20(25)12-27-19-10-9-15(22)11-18(19)21(23)26/h2-11,13H,12H2,1H3,(H2,23,26)(H,24,25)/t13-/m1/s1. The molecular weight excluding hydrogens is 364 g/mol. The Labute approximate surface area is 162 Å².